The Labute approximate surface area is 105 Å². The Balaban J connectivity index is 2.11. The van der Waals surface area contributed by atoms with Crippen molar-refractivity contribution in [3.63, 3.8) is 0 Å². The van der Waals surface area contributed by atoms with E-state index < -0.39 is 0 Å². The van der Waals surface area contributed by atoms with E-state index in [0.29, 0.717) is 29.7 Å². The third kappa shape index (κ3) is 2.90. The standard InChI is InChI=1S/C12H14ClNO3/c1-16-11-3-2-9(13)6-10(11)14-12(15)8-4-5-17-7-8/h2-3,6,8H,4-5,7H2,1H3,(H,14,15). The summed E-state index contributed by atoms with van der Waals surface area (Å²) in [4.78, 5) is 11.9. The highest BCUT2D eigenvalue weighted by molar-refractivity contribution is 6.31. The van der Waals surface area contributed by atoms with E-state index >= 15 is 0 Å². The van der Waals surface area contributed by atoms with Gasteiger partial charge in [0, 0.05) is 11.6 Å². The molecule has 0 aromatic heterocycles. The lowest BCUT2D eigenvalue weighted by atomic mass is 10.1. The van der Waals surface area contributed by atoms with Crippen molar-refractivity contribution in [2.75, 3.05) is 25.6 Å². The molecule has 1 amide bonds. The molecular weight excluding hydrogens is 242 g/mol. The minimum atomic E-state index is -0.0845. The number of hydrogen-bond donors (Lipinski definition) is 1. The van der Waals surface area contributed by atoms with Crippen LogP contribution >= 0.6 is 11.6 Å². The van der Waals surface area contributed by atoms with Crippen LogP contribution in [0.5, 0.6) is 5.75 Å². The van der Waals surface area contributed by atoms with Crippen LogP contribution in [0.4, 0.5) is 5.69 Å². The number of hydrogen-bond acceptors (Lipinski definition) is 3. The molecule has 5 heteroatoms. The molecule has 0 saturated carbocycles. The van der Waals surface area contributed by atoms with Gasteiger partial charge in [0.15, 0.2) is 0 Å². The normalized spacial score (nSPS) is 19.1. The number of rotatable bonds is 3. The molecule has 1 atom stereocenters. The molecule has 2 rings (SSSR count). The Morgan fingerprint density at radius 3 is 3.06 bits per heavy atom. The lowest BCUT2D eigenvalue weighted by Crippen LogP contribution is -2.23. The molecular formula is C12H14ClNO3. The third-order valence-electron chi connectivity index (χ3n) is 2.72. The second-order valence-corrected chi connectivity index (χ2v) is 4.33. The van der Waals surface area contributed by atoms with E-state index in [2.05, 4.69) is 5.32 Å². The second-order valence-electron chi connectivity index (χ2n) is 3.89. The van der Waals surface area contributed by atoms with Gasteiger partial charge in [0.1, 0.15) is 5.75 Å². The van der Waals surface area contributed by atoms with E-state index in [0.717, 1.165) is 6.42 Å². The van der Waals surface area contributed by atoms with Gasteiger partial charge in [-0.15, -0.1) is 0 Å². The van der Waals surface area contributed by atoms with Gasteiger partial charge in [-0.3, -0.25) is 4.79 Å². The predicted molar refractivity (Wildman–Crippen MR) is 65.6 cm³/mol. The smallest absolute Gasteiger partial charge is 0.230 e. The van der Waals surface area contributed by atoms with Crippen molar-refractivity contribution in [2.45, 2.75) is 6.42 Å². The van der Waals surface area contributed by atoms with Crippen LogP contribution in [-0.2, 0) is 9.53 Å². The van der Waals surface area contributed by atoms with Gasteiger partial charge in [-0.25, -0.2) is 0 Å². The Morgan fingerprint density at radius 1 is 1.59 bits per heavy atom. The number of carbonyl (C=O) groups excluding carboxylic acids is 1. The number of halogens is 1. The highest BCUT2D eigenvalue weighted by Crippen LogP contribution is 2.28. The van der Waals surface area contributed by atoms with Crippen LogP contribution in [0.25, 0.3) is 0 Å². The Bertz CT molecular complexity index is 416. The first-order chi connectivity index (χ1) is 8.20. The summed E-state index contributed by atoms with van der Waals surface area (Å²) in [5.41, 5.74) is 0.594. The van der Waals surface area contributed by atoms with Gasteiger partial charge in [0.2, 0.25) is 5.91 Å². The van der Waals surface area contributed by atoms with Crippen molar-refractivity contribution in [3.05, 3.63) is 23.2 Å². The average molecular weight is 256 g/mol. The summed E-state index contributed by atoms with van der Waals surface area (Å²) < 4.78 is 10.3. The Kier molecular flexibility index (Phi) is 3.86. The molecule has 4 nitrogen and oxygen atoms in total. The highest BCUT2D eigenvalue weighted by Gasteiger charge is 2.24. The molecule has 1 aliphatic rings. The van der Waals surface area contributed by atoms with Crippen LogP contribution in [-0.4, -0.2) is 26.2 Å². The average Bonchev–Trinajstić information content (AvgIpc) is 2.83. The molecule has 1 unspecified atom stereocenters. The molecule has 0 bridgehead atoms. The zero-order valence-corrected chi connectivity index (χ0v) is 10.3. The summed E-state index contributed by atoms with van der Waals surface area (Å²) >= 11 is 5.89. The molecule has 1 heterocycles. The van der Waals surface area contributed by atoms with Crippen LogP contribution < -0.4 is 10.1 Å². The first kappa shape index (κ1) is 12.2. The molecule has 0 aliphatic carbocycles. The van der Waals surface area contributed by atoms with Gasteiger partial charge in [0.25, 0.3) is 0 Å². The summed E-state index contributed by atoms with van der Waals surface area (Å²) in [6.07, 6.45) is 0.759. The lowest BCUT2D eigenvalue weighted by molar-refractivity contribution is -0.119. The number of nitrogens with one attached hydrogen (secondary N) is 1. The van der Waals surface area contributed by atoms with Gasteiger partial charge in [-0.1, -0.05) is 11.6 Å². The molecule has 1 aromatic rings. The van der Waals surface area contributed by atoms with Crippen molar-refractivity contribution in [1.29, 1.82) is 0 Å². The topological polar surface area (TPSA) is 47.6 Å². The molecule has 92 valence electrons. The number of anilines is 1. The van der Waals surface area contributed by atoms with Crippen LogP contribution in [0.1, 0.15) is 6.42 Å². The molecule has 1 saturated heterocycles. The zero-order valence-electron chi connectivity index (χ0n) is 9.53. The summed E-state index contributed by atoms with van der Waals surface area (Å²) in [6.45, 7) is 1.12. The van der Waals surface area contributed by atoms with Crippen molar-refractivity contribution in [1.82, 2.24) is 0 Å². The molecule has 1 N–H and O–H groups in total. The minimum absolute atomic E-state index is 0.0527. The number of methoxy groups -OCH3 is 1. The number of ether oxygens (including phenoxy) is 2. The highest BCUT2D eigenvalue weighted by atomic mass is 35.5. The van der Waals surface area contributed by atoms with Crippen molar-refractivity contribution >= 4 is 23.2 Å². The van der Waals surface area contributed by atoms with Crippen LogP contribution in [0, 0.1) is 5.92 Å². The van der Waals surface area contributed by atoms with Crippen molar-refractivity contribution in [2.24, 2.45) is 5.92 Å². The molecule has 1 aromatic carbocycles. The monoisotopic (exact) mass is 255 g/mol. The maximum Gasteiger partial charge on any atom is 0.230 e. The van der Waals surface area contributed by atoms with Crippen LogP contribution in [0.2, 0.25) is 5.02 Å². The van der Waals surface area contributed by atoms with Gasteiger partial charge in [-0.05, 0) is 24.6 Å². The van der Waals surface area contributed by atoms with E-state index in [9.17, 15) is 4.79 Å². The Morgan fingerprint density at radius 2 is 2.41 bits per heavy atom. The van der Waals surface area contributed by atoms with Crippen molar-refractivity contribution < 1.29 is 14.3 Å². The summed E-state index contributed by atoms with van der Waals surface area (Å²) in [5.74, 6) is 0.461. The van der Waals surface area contributed by atoms with Crippen LogP contribution in [0.3, 0.4) is 0 Å². The van der Waals surface area contributed by atoms with Gasteiger partial charge < -0.3 is 14.8 Å². The molecule has 0 spiro atoms. The summed E-state index contributed by atoms with van der Waals surface area (Å²) in [5, 5.41) is 3.37. The number of carbonyl (C=O) groups is 1. The van der Waals surface area contributed by atoms with E-state index in [4.69, 9.17) is 21.1 Å². The van der Waals surface area contributed by atoms with Gasteiger partial charge >= 0.3 is 0 Å². The van der Waals surface area contributed by atoms with E-state index in [1.165, 1.54) is 0 Å². The number of amides is 1. The van der Waals surface area contributed by atoms with E-state index in [1.807, 2.05) is 0 Å². The fourth-order valence-corrected chi connectivity index (χ4v) is 1.93. The fourth-order valence-electron chi connectivity index (χ4n) is 1.75. The summed E-state index contributed by atoms with van der Waals surface area (Å²) in [7, 11) is 1.55. The fraction of sp³-hybridized carbons (Fsp3) is 0.417. The first-order valence-corrected chi connectivity index (χ1v) is 5.80. The van der Waals surface area contributed by atoms with E-state index in [1.54, 1.807) is 25.3 Å². The van der Waals surface area contributed by atoms with E-state index in [-0.39, 0.29) is 11.8 Å². The Hall–Kier alpha value is -1.26. The first-order valence-electron chi connectivity index (χ1n) is 5.43. The van der Waals surface area contributed by atoms with Crippen molar-refractivity contribution in [3.8, 4) is 5.75 Å². The second kappa shape index (κ2) is 5.38. The zero-order chi connectivity index (χ0) is 12.3. The molecule has 1 fully saturated rings. The maximum atomic E-state index is 11.9. The quantitative estimate of drug-likeness (QED) is 0.902. The lowest BCUT2D eigenvalue weighted by Gasteiger charge is -2.12. The minimum Gasteiger partial charge on any atom is -0.495 e. The number of benzene rings is 1. The third-order valence-corrected chi connectivity index (χ3v) is 2.95. The summed E-state index contributed by atoms with van der Waals surface area (Å²) in [6, 6.07) is 5.12. The predicted octanol–water partition coefficient (Wildman–Crippen LogP) is 2.32. The maximum absolute atomic E-state index is 11.9. The molecule has 1 aliphatic heterocycles. The van der Waals surface area contributed by atoms with Gasteiger partial charge in [0.05, 0.1) is 25.3 Å². The molecule has 0 radical (unpaired) electrons. The molecule has 17 heavy (non-hydrogen) atoms. The van der Waals surface area contributed by atoms with Crippen LogP contribution in [0.15, 0.2) is 18.2 Å². The SMILES string of the molecule is COc1ccc(Cl)cc1NC(=O)C1CCOC1. The largest absolute Gasteiger partial charge is 0.495 e. The van der Waals surface area contributed by atoms with Gasteiger partial charge in [-0.2, -0.15) is 0 Å².